The van der Waals surface area contributed by atoms with Crippen LogP contribution in [0.2, 0.25) is 0 Å². The number of rotatable bonds is 11. The van der Waals surface area contributed by atoms with E-state index in [0.717, 1.165) is 12.8 Å². The van der Waals surface area contributed by atoms with E-state index in [1.54, 1.807) is 0 Å². The van der Waals surface area contributed by atoms with E-state index in [-0.39, 0.29) is 18.1 Å². The number of ether oxygens (including phenoxy) is 3. The lowest BCUT2D eigenvalue weighted by molar-refractivity contribution is -0.156. The fourth-order valence-corrected chi connectivity index (χ4v) is 2.49. The molecule has 1 aliphatic carbocycles. The van der Waals surface area contributed by atoms with Gasteiger partial charge in [0.05, 0.1) is 32.5 Å². The highest BCUT2D eigenvalue weighted by atomic mass is 16.5. The fourth-order valence-electron chi connectivity index (χ4n) is 2.49. The summed E-state index contributed by atoms with van der Waals surface area (Å²) in [4.78, 5) is 12.5. The largest absolute Gasteiger partial charge is 0.465 e. The van der Waals surface area contributed by atoms with E-state index in [1.165, 1.54) is 0 Å². The van der Waals surface area contributed by atoms with Gasteiger partial charge in [-0.05, 0) is 53.4 Å². The molecule has 1 N–H and O–H groups in total. The second-order valence-corrected chi connectivity index (χ2v) is 6.24. The first kappa shape index (κ1) is 18.4. The van der Waals surface area contributed by atoms with Crippen LogP contribution in [-0.2, 0) is 19.0 Å². The lowest BCUT2D eigenvalue weighted by Gasteiger charge is -2.34. The third-order valence-corrected chi connectivity index (χ3v) is 3.47. The molecule has 0 aromatic rings. The van der Waals surface area contributed by atoms with Gasteiger partial charge in [-0.3, -0.25) is 5.32 Å². The van der Waals surface area contributed by atoms with Crippen molar-refractivity contribution in [1.82, 2.24) is 5.32 Å². The van der Waals surface area contributed by atoms with E-state index in [2.05, 4.69) is 5.32 Å². The van der Waals surface area contributed by atoms with Crippen LogP contribution in [0.5, 0.6) is 0 Å². The van der Waals surface area contributed by atoms with Crippen molar-refractivity contribution in [2.45, 2.75) is 65.1 Å². The molecule has 0 heterocycles. The summed E-state index contributed by atoms with van der Waals surface area (Å²) in [5.74, 6) is 0.121. The molecule has 1 fully saturated rings. The minimum Gasteiger partial charge on any atom is -0.465 e. The molecule has 1 aliphatic rings. The van der Waals surface area contributed by atoms with E-state index in [1.807, 2.05) is 34.6 Å². The molecular formula is C16H31NO4. The lowest BCUT2D eigenvalue weighted by Crippen LogP contribution is -2.60. The number of hydrogen-bond donors (Lipinski definition) is 1. The Kier molecular flexibility index (Phi) is 7.63. The molecular weight excluding hydrogens is 270 g/mol. The second-order valence-electron chi connectivity index (χ2n) is 6.24. The summed E-state index contributed by atoms with van der Waals surface area (Å²) < 4.78 is 16.5. The highest BCUT2D eigenvalue weighted by molar-refractivity contribution is 5.82. The summed E-state index contributed by atoms with van der Waals surface area (Å²) >= 11 is 0. The minimum absolute atomic E-state index is 0.189. The van der Waals surface area contributed by atoms with E-state index in [4.69, 9.17) is 14.2 Å². The van der Waals surface area contributed by atoms with Crippen molar-refractivity contribution >= 4 is 5.97 Å². The van der Waals surface area contributed by atoms with Crippen LogP contribution in [-0.4, -0.2) is 50.1 Å². The van der Waals surface area contributed by atoms with Crippen LogP contribution in [0.4, 0.5) is 0 Å². The van der Waals surface area contributed by atoms with Gasteiger partial charge in [0.25, 0.3) is 0 Å². The predicted octanol–water partition coefficient (Wildman–Crippen LogP) is 2.14. The van der Waals surface area contributed by atoms with Crippen LogP contribution in [0.15, 0.2) is 0 Å². The molecule has 21 heavy (non-hydrogen) atoms. The Morgan fingerprint density at radius 2 is 1.90 bits per heavy atom. The maximum Gasteiger partial charge on any atom is 0.329 e. The summed E-state index contributed by atoms with van der Waals surface area (Å²) in [6.45, 7) is 11.7. The zero-order valence-corrected chi connectivity index (χ0v) is 14.1. The molecule has 1 rings (SSSR count). The molecule has 0 aliphatic heterocycles. The van der Waals surface area contributed by atoms with Gasteiger partial charge in [0.15, 0.2) is 0 Å². The van der Waals surface area contributed by atoms with Gasteiger partial charge in [-0.15, -0.1) is 0 Å². The number of esters is 1. The molecule has 5 heteroatoms. The quantitative estimate of drug-likeness (QED) is 0.468. The van der Waals surface area contributed by atoms with Crippen molar-refractivity contribution in [2.75, 3.05) is 26.4 Å². The Morgan fingerprint density at radius 3 is 2.38 bits per heavy atom. The number of nitrogens with one attached hydrogen (secondary N) is 1. The van der Waals surface area contributed by atoms with Crippen molar-refractivity contribution in [1.29, 1.82) is 0 Å². The van der Waals surface area contributed by atoms with Gasteiger partial charge in [0.2, 0.25) is 0 Å². The van der Waals surface area contributed by atoms with Crippen molar-refractivity contribution in [3.05, 3.63) is 0 Å². The van der Waals surface area contributed by atoms with Crippen molar-refractivity contribution < 1.29 is 19.0 Å². The fraction of sp³-hybridized carbons (Fsp3) is 0.938. The van der Waals surface area contributed by atoms with Gasteiger partial charge in [-0.1, -0.05) is 0 Å². The molecule has 0 spiro atoms. The normalized spacial score (nSPS) is 18.0. The van der Waals surface area contributed by atoms with Gasteiger partial charge in [-0.2, -0.15) is 0 Å². The van der Waals surface area contributed by atoms with E-state index >= 15 is 0 Å². The topological polar surface area (TPSA) is 56.8 Å². The molecule has 1 unspecified atom stereocenters. The average molecular weight is 301 g/mol. The SMILES string of the molecule is CCOC(=O)C(COCCOC(C)C)(NC(C)C)C1CC1. The van der Waals surface area contributed by atoms with Gasteiger partial charge < -0.3 is 14.2 Å². The second kappa shape index (κ2) is 8.71. The number of carbonyl (C=O) groups excluding carboxylic acids is 1. The molecule has 0 saturated heterocycles. The zero-order chi connectivity index (χ0) is 15.9. The summed E-state index contributed by atoms with van der Waals surface area (Å²) in [6, 6.07) is 0.200. The van der Waals surface area contributed by atoms with Crippen LogP contribution in [0.25, 0.3) is 0 Å². The molecule has 1 saturated carbocycles. The molecule has 124 valence electrons. The maximum atomic E-state index is 12.5. The van der Waals surface area contributed by atoms with Gasteiger partial charge >= 0.3 is 5.97 Å². The number of carbonyl (C=O) groups is 1. The Morgan fingerprint density at radius 1 is 1.24 bits per heavy atom. The van der Waals surface area contributed by atoms with E-state index in [0.29, 0.717) is 32.3 Å². The summed E-state index contributed by atoms with van der Waals surface area (Å²) in [7, 11) is 0. The molecule has 0 bridgehead atoms. The van der Waals surface area contributed by atoms with Crippen LogP contribution in [0.3, 0.4) is 0 Å². The third kappa shape index (κ3) is 5.93. The number of hydrogen-bond acceptors (Lipinski definition) is 5. The highest BCUT2D eigenvalue weighted by Gasteiger charge is 2.52. The van der Waals surface area contributed by atoms with Gasteiger partial charge in [-0.25, -0.2) is 4.79 Å². The Bertz CT molecular complexity index is 315. The van der Waals surface area contributed by atoms with Crippen LogP contribution in [0.1, 0.15) is 47.5 Å². The predicted molar refractivity (Wildman–Crippen MR) is 82.3 cm³/mol. The first-order valence-corrected chi connectivity index (χ1v) is 8.06. The van der Waals surface area contributed by atoms with Crippen molar-refractivity contribution in [3.63, 3.8) is 0 Å². The first-order chi connectivity index (χ1) is 9.92. The zero-order valence-electron chi connectivity index (χ0n) is 14.1. The maximum absolute atomic E-state index is 12.5. The standard InChI is InChI=1S/C16H31NO4/c1-6-20-15(18)16(14-7-8-14,17-12(2)3)11-19-9-10-21-13(4)5/h12-14,17H,6-11H2,1-5H3. The van der Waals surface area contributed by atoms with Crippen molar-refractivity contribution in [2.24, 2.45) is 5.92 Å². The van der Waals surface area contributed by atoms with Crippen LogP contribution < -0.4 is 5.32 Å². The average Bonchev–Trinajstić information content (AvgIpc) is 3.20. The molecule has 0 aromatic carbocycles. The molecule has 0 amide bonds. The Labute approximate surface area is 128 Å². The van der Waals surface area contributed by atoms with Gasteiger partial charge in [0, 0.05) is 6.04 Å². The van der Waals surface area contributed by atoms with E-state index in [9.17, 15) is 4.79 Å². The van der Waals surface area contributed by atoms with Crippen LogP contribution >= 0.6 is 0 Å². The van der Waals surface area contributed by atoms with E-state index < -0.39 is 5.54 Å². The monoisotopic (exact) mass is 301 g/mol. The minimum atomic E-state index is -0.706. The molecule has 0 aromatic heterocycles. The summed E-state index contributed by atoms with van der Waals surface area (Å²) in [5.41, 5.74) is -0.706. The third-order valence-electron chi connectivity index (χ3n) is 3.47. The molecule has 0 radical (unpaired) electrons. The van der Waals surface area contributed by atoms with Crippen LogP contribution in [0, 0.1) is 5.92 Å². The summed E-state index contributed by atoms with van der Waals surface area (Å²) in [5, 5.41) is 3.40. The Hall–Kier alpha value is -0.650. The molecule has 5 nitrogen and oxygen atoms in total. The summed E-state index contributed by atoms with van der Waals surface area (Å²) in [6.07, 6.45) is 2.29. The lowest BCUT2D eigenvalue weighted by atomic mass is 9.93. The molecule has 1 atom stereocenters. The highest BCUT2D eigenvalue weighted by Crippen LogP contribution is 2.41. The smallest absolute Gasteiger partial charge is 0.329 e. The van der Waals surface area contributed by atoms with Gasteiger partial charge in [0.1, 0.15) is 5.54 Å². The Balaban J connectivity index is 2.59. The van der Waals surface area contributed by atoms with Crippen molar-refractivity contribution in [3.8, 4) is 0 Å². The first-order valence-electron chi connectivity index (χ1n) is 8.06.